The summed E-state index contributed by atoms with van der Waals surface area (Å²) in [4.78, 5) is 15.9. The fourth-order valence-corrected chi connectivity index (χ4v) is 5.44. The van der Waals surface area contributed by atoms with Crippen molar-refractivity contribution in [2.45, 2.75) is 53.5 Å². The maximum absolute atomic E-state index is 4.90. The molecule has 0 amide bonds. The molecule has 8 nitrogen and oxygen atoms in total. The number of rotatable bonds is 7. The fraction of sp³-hybridized carbons (Fsp3) is 0.429. The summed E-state index contributed by atoms with van der Waals surface area (Å²) < 4.78 is 1.97. The fourth-order valence-electron chi connectivity index (χ4n) is 5.44. The Kier molecular flexibility index (Phi) is 6.87. The quantitative estimate of drug-likeness (QED) is 0.376. The summed E-state index contributed by atoms with van der Waals surface area (Å²) >= 11 is 0. The third-order valence-electron chi connectivity index (χ3n) is 7.01. The Bertz CT molecular complexity index is 1330. The van der Waals surface area contributed by atoms with Crippen LogP contribution in [0, 0.1) is 34.6 Å². The van der Waals surface area contributed by atoms with Gasteiger partial charge in [-0.2, -0.15) is 9.61 Å². The van der Waals surface area contributed by atoms with Crippen LogP contribution in [-0.4, -0.2) is 56.8 Å². The van der Waals surface area contributed by atoms with E-state index in [0.717, 1.165) is 73.4 Å². The number of aromatic nitrogens is 5. The molecule has 0 bridgehead atoms. The summed E-state index contributed by atoms with van der Waals surface area (Å²) in [7, 11) is 0. The van der Waals surface area contributed by atoms with E-state index in [4.69, 9.17) is 10.1 Å². The standard InChI is InChI=1S/C28H36N8/c1-18-15-19(2)25(20(3)16-18)26-22(5)34-36-24(17-21(4)33-27(26)36)30-12-11-29-23-7-13-35(14-8-23)28-31-9-6-10-32-28/h6,9-10,15-17,23,29-30H,7-8,11-14H2,1-5H3. The number of fused-ring (bicyclic) bond motifs is 1. The number of nitrogens with zero attached hydrogens (tertiary/aromatic N) is 6. The molecule has 0 spiro atoms. The Morgan fingerprint density at radius 1 is 0.889 bits per heavy atom. The molecular formula is C28H36N8. The van der Waals surface area contributed by atoms with Crippen LogP contribution in [0.3, 0.4) is 0 Å². The highest BCUT2D eigenvalue weighted by Crippen LogP contribution is 2.34. The van der Waals surface area contributed by atoms with Crippen LogP contribution < -0.4 is 15.5 Å². The van der Waals surface area contributed by atoms with Gasteiger partial charge in [0.25, 0.3) is 0 Å². The zero-order valence-corrected chi connectivity index (χ0v) is 22.0. The Morgan fingerprint density at radius 3 is 2.28 bits per heavy atom. The molecule has 8 heteroatoms. The van der Waals surface area contributed by atoms with Crippen molar-refractivity contribution in [2.75, 3.05) is 36.4 Å². The summed E-state index contributed by atoms with van der Waals surface area (Å²) in [6, 6.07) is 8.93. The van der Waals surface area contributed by atoms with Crippen molar-refractivity contribution >= 4 is 17.4 Å². The Balaban J connectivity index is 1.25. The minimum Gasteiger partial charge on any atom is -0.369 e. The molecule has 5 rings (SSSR count). The average Bonchev–Trinajstić information content (AvgIpc) is 3.18. The lowest BCUT2D eigenvalue weighted by molar-refractivity contribution is 0.418. The summed E-state index contributed by atoms with van der Waals surface area (Å²) in [5.41, 5.74) is 9.06. The molecule has 4 heterocycles. The van der Waals surface area contributed by atoms with E-state index in [2.05, 4.69) is 78.3 Å². The lowest BCUT2D eigenvalue weighted by atomic mass is 9.94. The minimum atomic E-state index is 0.511. The average molecular weight is 485 g/mol. The normalized spacial score (nSPS) is 14.5. The van der Waals surface area contributed by atoms with Gasteiger partial charge in [0.2, 0.25) is 5.95 Å². The number of nitrogens with one attached hydrogen (secondary N) is 2. The van der Waals surface area contributed by atoms with Gasteiger partial charge < -0.3 is 15.5 Å². The topological polar surface area (TPSA) is 83.3 Å². The predicted octanol–water partition coefficient (Wildman–Crippen LogP) is 4.40. The van der Waals surface area contributed by atoms with E-state index in [1.54, 1.807) is 0 Å². The molecule has 3 aromatic heterocycles. The molecule has 188 valence electrons. The second-order valence-corrected chi connectivity index (χ2v) is 9.94. The highest BCUT2D eigenvalue weighted by Gasteiger charge is 2.21. The third-order valence-corrected chi connectivity index (χ3v) is 7.01. The van der Waals surface area contributed by atoms with Crippen LogP contribution in [0.25, 0.3) is 16.8 Å². The van der Waals surface area contributed by atoms with E-state index in [0.29, 0.717) is 6.04 Å². The van der Waals surface area contributed by atoms with Crippen molar-refractivity contribution in [3.05, 3.63) is 64.7 Å². The number of piperidine rings is 1. The van der Waals surface area contributed by atoms with Crippen molar-refractivity contribution < 1.29 is 0 Å². The van der Waals surface area contributed by atoms with E-state index >= 15 is 0 Å². The van der Waals surface area contributed by atoms with E-state index in [-0.39, 0.29) is 0 Å². The van der Waals surface area contributed by atoms with Crippen LogP contribution in [0.5, 0.6) is 0 Å². The van der Waals surface area contributed by atoms with E-state index < -0.39 is 0 Å². The Labute approximate surface area is 213 Å². The molecule has 2 N–H and O–H groups in total. The second-order valence-electron chi connectivity index (χ2n) is 9.94. The number of anilines is 2. The first-order valence-corrected chi connectivity index (χ1v) is 12.8. The molecule has 1 aromatic carbocycles. The van der Waals surface area contributed by atoms with Crippen molar-refractivity contribution in [1.82, 2.24) is 29.9 Å². The first-order valence-electron chi connectivity index (χ1n) is 12.8. The molecule has 1 saturated heterocycles. The van der Waals surface area contributed by atoms with E-state index in [1.165, 1.54) is 22.3 Å². The van der Waals surface area contributed by atoms with Crippen LogP contribution >= 0.6 is 0 Å². The van der Waals surface area contributed by atoms with Gasteiger partial charge in [-0.25, -0.2) is 15.0 Å². The van der Waals surface area contributed by atoms with Crippen molar-refractivity contribution in [3.63, 3.8) is 0 Å². The van der Waals surface area contributed by atoms with Gasteiger partial charge in [0.1, 0.15) is 5.82 Å². The van der Waals surface area contributed by atoms with Crippen LogP contribution in [0.1, 0.15) is 40.9 Å². The molecule has 4 aromatic rings. The number of aryl methyl sites for hydroxylation is 5. The number of benzene rings is 1. The maximum atomic E-state index is 4.90. The van der Waals surface area contributed by atoms with Crippen LogP contribution in [0.15, 0.2) is 36.7 Å². The van der Waals surface area contributed by atoms with Crippen molar-refractivity contribution in [1.29, 1.82) is 0 Å². The second kappa shape index (κ2) is 10.2. The maximum Gasteiger partial charge on any atom is 0.225 e. The first-order chi connectivity index (χ1) is 17.4. The molecule has 36 heavy (non-hydrogen) atoms. The Hall–Kier alpha value is -3.52. The molecule has 0 radical (unpaired) electrons. The molecule has 1 fully saturated rings. The smallest absolute Gasteiger partial charge is 0.225 e. The van der Waals surface area contributed by atoms with Crippen LogP contribution in [0.2, 0.25) is 0 Å². The third kappa shape index (κ3) is 4.91. The molecular weight excluding hydrogens is 448 g/mol. The van der Waals surface area contributed by atoms with E-state index in [9.17, 15) is 0 Å². The molecule has 0 atom stereocenters. The van der Waals surface area contributed by atoms with Crippen LogP contribution in [-0.2, 0) is 0 Å². The molecule has 1 aliphatic heterocycles. The van der Waals surface area contributed by atoms with Crippen molar-refractivity contribution in [3.8, 4) is 11.1 Å². The highest BCUT2D eigenvalue weighted by molar-refractivity contribution is 5.84. The van der Waals surface area contributed by atoms with Gasteiger partial charge in [0, 0.05) is 56.4 Å². The lowest BCUT2D eigenvalue weighted by Gasteiger charge is -2.32. The number of hydrogen-bond donors (Lipinski definition) is 2. The molecule has 1 aliphatic rings. The van der Waals surface area contributed by atoms with Crippen LogP contribution in [0.4, 0.5) is 11.8 Å². The zero-order valence-electron chi connectivity index (χ0n) is 22.0. The first kappa shape index (κ1) is 24.2. The minimum absolute atomic E-state index is 0.511. The summed E-state index contributed by atoms with van der Waals surface area (Å²) in [6.45, 7) is 14.3. The van der Waals surface area contributed by atoms with Crippen molar-refractivity contribution in [2.24, 2.45) is 0 Å². The van der Waals surface area contributed by atoms with Gasteiger partial charge in [0.15, 0.2) is 5.65 Å². The monoisotopic (exact) mass is 484 g/mol. The summed E-state index contributed by atoms with van der Waals surface area (Å²) in [5, 5.41) is 12.2. The molecule has 0 aliphatic carbocycles. The van der Waals surface area contributed by atoms with Gasteiger partial charge in [-0.1, -0.05) is 17.7 Å². The lowest BCUT2D eigenvalue weighted by Crippen LogP contribution is -2.44. The zero-order chi connectivity index (χ0) is 25.2. The van der Waals surface area contributed by atoms with Gasteiger partial charge >= 0.3 is 0 Å². The van der Waals surface area contributed by atoms with Gasteiger partial charge in [0.05, 0.1) is 11.3 Å². The van der Waals surface area contributed by atoms with Gasteiger partial charge in [-0.3, -0.25) is 0 Å². The molecule has 0 unspecified atom stereocenters. The van der Waals surface area contributed by atoms with E-state index in [1.807, 2.05) is 23.0 Å². The summed E-state index contributed by atoms with van der Waals surface area (Å²) in [6.07, 6.45) is 5.80. The number of hydrogen-bond acceptors (Lipinski definition) is 7. The largest absolute Gasteiger partial charge is 0.369 e. The molecule has 0 saturated carbocycles. The highest BCUT2D eigenvalue weighted by atomic mass is 15.3. The predicted molar refractivity (Wildman–Crippen MR) is 146 cm³/mol. The van der Waals surface area contributed by atoms with Gasteiger partial charge in [-0.05, 0) is 70.2 Å². The van der Waals surface area contributed by atoms with Gasteiger partial charge in [-0.15, -0.1) is 0 Å². The Morgan fingerprint density at radius 2 is 1.58 bits per heavy atom. The SMILES string of the molecule is Cc1cc(C)c(-c2c(C)nn3c(NCCNC4CCN(c5ncccn5)CC4)cc(C)nc23)c(C)c1. The summed E-state index contributed by atoms with van der Waals surface area (Å²) in [5.74, 6) is 1.81.